The van der Waals surface area contributed by atoms with E-state index in [0.717, 1.165) is 6.54 Å². The van der Waals surface area contributed by atoms with Gasteiger partial charge in [-0.3, -0.25) is 14.9 Å². The van der Waals surface area contributed by atoms with Gasteiger partial charge in [-0.2, -0.15) is 0 Å². The minimum Gasteiger partial charge on any atom is -0.336 e. The lowest BCUT2D eigenvalue weighted by molar-refractivity contribution is -0.384. The summed E-state index contributed by atoms with van der Waals surface area (Å²) < 4.78 is 0. The number of amides is 1. The molecule has 1 N–H and O–H groups in total. The molecule has 1 heterocycles. The summed E-state index contributed by atoms with van der Waals surface area (Å²) in [7, 11) is 0. The fourth-order valence-electron chi connectivity index (χ4n) is 2.08. The van der Waals surface area contributed by atoms with Gasteiger partial charge in [-0.25, -0.2) is 0 Å². The zero-order valence-electron chi connectivity index (χ0n) is 10.8. The molecule has 1 aromatic rings. The van der Waals surface area contributed by atoms with E-state index in [2.05, 4.69) is 5.32 Å². The van der Waals surface area contributed by atoms with Gasteiger partial charge >= 0.3 is 0 Å². The number of non-ortho nitro benzene ring substituents is 1. The maximum absolute atomic E-state index is 12.3. The summed E-state index contributed by atoms with van der Waals surface area (Å²) in [5, 5.41) is 14.0. The molecule has 0 radical (unpaired) electrons. The number of carbonyl (C=O) groups excluding carboxylic acids is 1. The molecule has 1 aliphatic rings. The van der Waals surface area contributed by atoms with Crippen molar-refractivity contribution in [1.29, 1.82) is 0 Å². The van der Waals surface area contributed by atoms with Crippen LogP contribution in [-0.4, -0.2) is 41.4 Å². The zero-order chi connectivity index (χ0) is 14.0. The van der Waals surface area contributed by atoms with Crippen LogP contribution in [-0.2, 0) is 0 Å². The molecule has 1 saturated heterocycles. The highest BCUT2D eigenvalue weighted by Crippen LogP contribution is 2.24. The van der Waals surface area contributed by atoms with Crippen LogP contribution >= 0.6 is 24.0 Å². The van der Waals surface area contributed by atoms with Gasteiger partial charge in [-0.05, 0) is 13.0 Å². The van der Waals surface area contributed by atoms with Gasteiger partial charge in [-0.1, -0.05) is 11.6 Å². The normalized spacial score (nSPS) is 18.3. The molecule has 20 heavy (non-hydrogen) atoms. The second-order valence-corrected chi connectivity index (χ2v) is 4.93. The Labute approximate surface area is 127 Å². The van der Waals surface area contributed by atoms with E-state index >= 15 is 0 Å². The monoisotopic (exact) mass is 319 g/mol. The van der Waals surface area contributed by atoms with Crippen LogP contribution in [0.4, 0.5) is 5.69 Å². The second kappa shape index (κ2) is 6.88. The molecule has 0 bridgehead atoms. The van der Waals surface area contributed by atoms with Gasteiger partial charge in [0.25, 0.3) is 11.6 Å². The van der Waals surface area contributed by atoms with Crippen molar-refractivity contribution in [1.82, 2.24) is 10.2 Å². The number of nitrogens with zero attached hydrogens (tertiary/aromatic N) is 2. The maximum Gasteiger partial charge on any atom is 0.270 e. The van der Waals surface area contributed by atoms with E-state index in [9.17, 15) is 14.9 Å². The Hall–Kier alpha value is -1.37. The predicted octanol–water partition coefficient (Wildman–Crippen LogP) is 2.10. The van der Waals surface area contributed by atoms with E-state index in [1.54, 1.807) is 4.90 Å². The van der Waals surface area contributed by atoms with Gasteiger partial charge in [0.1, 0.15) is 0 Å². The summed E-state index contributed by atoms with van der Waals surface area (Å²) >= 11 is 5.96. The molecule has 0 aliphatic carbocycles. The minimum atomic E-state index is -0.535. The number of hydrogen-bond donors (Lipinski definition) is 1. The van der Waals surface area contributed by atoms with Crippen LogP contribution < -0.4 is 5.32 Å². The van der Waals surface area contributed by atoms with Crippen LogP contribution in [0.2, 0.25) is 5.02 Å². The molecular weight excluding hydrogens is 305 g/mol. The van der Waals surface area contributed by atoms with E-state index < -0.39 is 4.92 Å². The summed E-state index contributed by atoms with van der Waals surface area (Å²) in [5.74, 6) is -0.187. The summed E-state index contributed by atoms with van der Waals surface area (Å²) in [6.07, 6.45) is 0. The van der Waals surface area contributed by atoms with E-state index in [-0.39, 0.29) is 35.1 Å². The van der Waals surface area contributed by atoms with Gasteiger partial charge in [-0.15, -0.1) is 12.4 Å². The van der Waals surface area contributed by atoms with E-state index in [1.807, 2.05) is 6.92 Å². The molecule has 0 spiro atoms. The number of nitro benzene ring substituents is 1. The molecule has 1 atom stereocenters. The molecule has 0 saturated carbocycles. The summed E-state index contributed by atoms with van der Waals surface area (Å²) in [4.78, 5) is 24.1. The smallest absolute Gasteiger partial charge is 0.270 e. The van der Waals surface area contributed by atoms with Crippen LogP contribution in [0.25, 0.3) is 0 Å². The average molecular weight is 320 g/mol. The minimum absolute atomic E-state index is 0. The van der Waals surface area contributed by atoms with Gasteiger partial charge in [0.05, 0.1) is 15.5 Å². The number of nitrogens with one attached hydrogen (secondary N) is 1. The fraction of sp³-hybridized carbons (Fsp3) is 0.417. The summed E-state index contributed by atoms with van der Waals surface area (Å²) in [6, 6.07) is 4.15. The second-order valence-electron chi connectivity index (χ2n) is 4.53. The molecule has 8 heteroatoms. The van der Waals surface area contributed by atoms with Crippen molar-refractivity contribution < 1.29 is 9.72 Å². The number of rotatable bonds is 2. The average Bonchev–Trinajstić information content (AvgIpc) is 2.37. The van der Waals surface area contributed by atoms with Gasteiger partial charge in [0.15, 0.2) is 0 Å². The van der Waals surface area contributed by atoms with Crippen molar-refractivity contribution in [2.24, 2.45) is 0 Å². The lowest BCUT2D eigenvalue weighted by atomic mass is 10.1. The number of benzene rings is 1. The molecule has 0 aromatic heterocycles. The largest absolute Gasteiger partial charge is 0.336 e. The maximum atomic E-state index is 12.3. The molecule has 1 fully saturated rings. The third-order valence-corrected chi connectivity index (χ3v) is 3.36. The first-order valence-electron chi connectivity index (χ1n) is 5.95. The molecule has 110 valence electrons. The van der Waals surface area contributed by atoms with Crippen molar-refractivity contribution in [2.45, 2.75) is 13.0 Å². The van der Waals surface area contributed by atoms with Gasteiger partial charge in [0, 0.05) is 37.8 Å². The topological polar surface area (TPSA) is 75.5 Å². The van der Waals surface area contributed by atoms with Gasteiger partial charge in [0.2, 0.25) is 0 Å². The number of carbonyl (C=O) groups is 1. The molecule has 1 aliphatic heterocycles. The molecule has 2 rings (SSSR count). The predicted molar refractivity (Wildman–Crippen MR) is 78.7 cm³/mol. The van der Waals surface area contributed by atoms with Crippen molar-refractivity contribution in [3.8, 4) is 0 Å². The van der Waals surface area contributed by atoms with Crippen molar-refractivity contribution in [3.63, 3.8) is 0 Å². The fourth-order valence-corrected chi connectivity index (χ4v) is 2.33. The van der Waals surface area contributed by atoms with Crippen LogP contribution in [0, 0.1) is 10.1 Å². The summed E-state index contributed by atoms with van der Waals surface area (Å²) in [5.41, 5.74) is 0.191. The van der Waals surface area contributed by atoms with Crippen molar-refractivity contribution in [3.05, 3.63) is 38.9 Å². The standard InChI is InChI=1S/C12H14ClN3O3.ClH/c1-8-7-15(5-4-14-8)12(17)10-3-2-9(16(18)19)6-11(10)13;/h2-3,6,8,14H,4-5,7H2,1H3;1H. The first-order chi connectivity index (χ1) is 8.99. The summed E-state index contributed by atoms with van der Waals surface area (Å²) in [6.45, 7) is 3.94. The Morgan fingerprint density at radius 1 is 1.55 bits per heavy atom. The lowest BCUT2D eigenvalue weighted by Crippen LogP contribution is -2.51. The highest BCUT2D eigenvalue weighted by Gasteiger charge is 2.24. The van der Waals surface area contributed by atoms with Crippen molar-refractivity contribution in [2.75, 3.05) is 19.6 Å². The van der Waals surface area contributed by atoms with Crippen LogP contribution in [0.5, 0.6) is 0 Å². The van der Waals surface area contributed by atoms with Gasteiger partial charge < -0.3 is 10.2 Å². The highest BCUT2D eigenvalue weighted by molar-refractivity contribution is 6.34. The third-order valence-electron chi connectivity index (χ3n) is 3.05. The molecule has 6 nitrogen and oxygen atoms in total. The zero-order valence-corrected chi connectivity index (χ0v) is 12.4. The van der Waals surface area contributed by atoms with E-state index in [0.29, 0.717) is 18.7 Å². The van der Waals surface area contributed by atoms with E-state index in [4.69, 9.17) is 11.6 Å². The number of piperazine rings is 1. The van der Waals surface area contributed by atoms with Crippen LogP contribution in [0.1, 0.15) is 17.3 Å². The Morgan fingerprint density at radius 3 is 2.80 bits per heavy atom. The molecule has 1 amide bonds. The Balaban J connectivity index is 0.00000200. The molecule has 1 unspecified atom stereocenters. The third kappa shape index (κ3) is 3.59. The Bertz CT molecular complexity index is 525. The number of halogens is 2. The molecular formula is C12H15Cl2N3O3. The van der Waals surface area contributed by atoms with Crippen LogP contribution in [0.15, 0.2) is 18.2 Å². The Kier molecular flexibility index (Phi) is 5.74. The number of hydrogen-bond acceptors (Lipinski definition) is 4. The first kappa shape index (κ1) is 16.7. The van der Waals surface area contributed by atoms with Crippen LogP contribution in [0.3, 0.4) is 0 Å². The number of nitro groups is 1. The lowest BCUT2D eigenvalue weighted by Gasteiger charge is -2.32. The SMILES string of the molecule is CC1CN(C(=O)c2ccc([N+](=O)[O-])cc2Cl)CCN1.Cl. The Morgan fingerprint density at radius 2 is 2.25 bits per heavy atom. The van der Waals surface area contributed by atoms with Crippen molar-refractivity contribution >= 4 is 35.6 Å². The highest BCUT2D eigenvalue weighted by atomic mass is 35.5. The van der Waals surface area contributed by atoms with E-state index in [1.165, 1.54) is 18.2 Å². The first-order valence-corrected chi connectivity index (χ1v) is 6.33. The molecule has 1 aromatic carbocycles. The quantitative estimate of drug-likeness (QED) is 0.669.